The molecule has 0 aliphatic carbocycles. The molecule has 2 rings (SSSR count). The van der Waals surface area contributed by atoms with Crippen LogP contribution in [-0.4, -0.2) is 49.8 Å². The fraction of sp³-hybridized carbons (Fsp3) is 0.529. The first kappa shape index (κ1) is 19.8. The van der Waals surface area contributed by atoms with Crippen LogP contribution in [0.25, 0.3) is 0 Å². The molecule has 1 aromatic rings. The van der Waals surface area contributed by atoms with Crippen molar-refractivity contribution in [3.63, 3.8) is 0 Å². The molecule has 0 unspecified atom stereocenters. The van der Waals surface area contributed by atoms with Gasteiger partial charge in [0.2, 0.25) is 5.91 Å². The number of methoxy groups -OCH3 is 1. The second-order valence-corrected chi connectivity index (χ2v) is 6.96. The number of hydroxylamine groups is 2. The number of rotatable bonds is 5. The van der Waals surface area contributed by atoms with Crippen LogP contribution in [0, 0.1) is 12.7 Å². The summed E-state index contributed by atoms with van der Waals surface area (Å²) in [6.45, 7) is 2.76. The molecule has 1 heterocycles. The van der Waals surface area contributed by atoms with E-state index in [0.717, 1.165) is 0 Å². The van der Waals surface area contributed by atoms with Crippen LogP contribution in [0.4, 0.5) is 4.39 Å². The first-order chi connectivity index (χ1) is 11.8. The molecule has 6 nitrogen and oxygen atoms in total. The van der Waals surface area contributed by atoms with Gasteiger partial charge in [0.15, 0.2) is 0 Å². The van der Waals surface area contributed by atoms with Gasteiger partial charge < -0.3 is 14.9 Å². The van der Waals surface area contributed by atoms with Gasteiger partial charge in [-0.1, -0.05) is 0 Å². The Labute approximate surface area is 154 Å². The van der Waals surface area contributed by atoms with Crippen molar-refractivity contribution in [3.8, 4) is 0 Å². The number of carbonyl (C=O) groups is 2. The molecule has 1 saturated heterocycles. The number of nitrogens with one attached hydrogen (secondary N) is 1. The van der Waals surface area contributed by atoms with E-state index < -0.39 is 11.5 Å². The van der Waals surface area contributed by atoms with Gasteiger partial charge in [-0.2, -0.15) is 5.06 Å². The lowest BCUT2D eigenvalue weighted by Gasteiger charge is -2.39. The molecule has 1 fully saturated rings. The number of ether oxygens (including phenoxy) is 1. The summed E-state index contributed by atoms with van der Waals surface area (Å²) in [5, 5.41) is 4.56. The van der Waals surface area contributed by atoms with Crippen molar-refractivity contribution in [3.05, 3.63) is 33.5 Å². The summed E-state index contributed by atoms with van der Waals surface area (Å²) in [6, 6.07) is 2.96. The van der Waals surface area contributed by atoms with Crippen molar-refractivity contribution in [1.82, 2.24) is 10.4 Å². The lowest BCUT2D eigenvalue weighted by Crippen LogP contribution is -2.60. The average Bonchev–Trinajstić information content (AvgIpc) is 2.59. The summed E-state index contributed by atoms with van der Waals surface area (Å²) >= 11 is 3.13. The summed E-state index contributed by atoms with van der Waals surface area (Å²) in [5.74, 6) is -1.15. The van der Waals surface area contributed by atoms with E-state index in [2.05, 4.69) is 21.2 Å². The van der Waals surface area contributed by atoms with Crippen LogP contribution in [0.1, 0.15) is 24.0 Å². The molecule has 0 atom stereocenters. The fourth-order valence-corrected chi connectivity index (χ4v) is 3.38. The Morgan fingerprint density at radius 3 is 2.52 bits per heavy atom. The van der Waals surface area contributed by atoms with E-state index >= 15 is 0 Å². The van der Waals surface area contributed by atoms with Gasteiger partial charge in [0.25, 0.3) is 0 Å². The summed E-state index contributed by atoms with van der Waals surface area (Å²) < 4.78 is 18.7. The van der Waals surface area contributed by atoms with Gasteiger partial charge in [0, 0.05) is 13.1 Å². The van der Waals surface area contributed by atoms with Crippen LogP contribution in [0.5, 0.6) is 0 Å². The Balaban J connectivity index is 2.13. The Morgan fingerprint density at radius 1 is 1.32 bits per heavy atom. The first-order valence-electron chi connectivity index (χ1n) is 7.94. The Bertz CT molecular complexity index is 660. The SMILES string of the molecule is COC(=O)C1(NC(=O)Cc2cc(Br)c(F)cc2C)CCN(OC)CC1. The van der Waals surface area contributed by atoms with Gasteiger partial charge in [0.1, 0.15) is 11.4 Å². The van der Waals surface area contributed by atoms with E-state index in [1.165, 1.54) is 13.2 Å². The van der Waals surface area contributed by atoms with E-state index in [1.54, 1.807) is 25.2 Å². The van der Waals surface area contributed by atoms with Crippen LogP contribution in [0.15, 0.2) is 16.6 Å². The maximum absolute atomic E-state index is 13.5. The number of esters is 1. The summed E-state index contributed by atoms with van der Waals surface area (Å²) in [7, 11) is 2.87. The summed E-state index contributed by atoms with van der Waals surface area (Å²) in [4.78, 5) is 30.0. The Kier molecular flexibility index (Phi) is 6.53. The van der Waals surface area contributed by atoms with Crippen LogP contribution < -0.4 is 5.32 Å². The molecule has 0 aromatic heterocycles. The van der Waals surface area contributed by atoms with Gasteiger partial charge in [-0.25, -0.2) is 9.18 Å². The van der Waals surface area contributed by atoms with Gasteiger partial charge in [-0.15, -0.1) is 0 Å². The zero-order valence-corrected chi connectivity index (χ0v) is 16.1. The number of halogens is 2. The summed E-state index contributed by atoms with van der Waals surface area (Å²) in [5.41, 5.74) is 0.309. The van der Waals surface area contributed by atoms with Crippen molar-refractivity contribution < 1.29 is 23.6 Å². The van der Waals surface area contributed by atoms with E-state index in [0.29, 0.717) is 41.5 Å². The molecule has 8 heteroatoms. The molecular weight excluding hydrogens is 395 g/mol. The minimum absolute atomic E-state index is 0.0530. The first-order valence-corrected chi connectivity index (χ1v) is 8.73. The zero-order chi connectivity index (χ0) is 18.6. The highest BCUT2D eigenvalue weighted by Gasteiger charge is 2.44. The molecular formula is C17H22BrFN2O4. The second kappa shape index (κ2) is 8.25. The van der Waals surface area contributed by atoms with Crippen LogP contribution >= 0.6 is 15.9 Å². The number of benzene rings is 1. The van der Waals surface area contributed by atoms with Crippen LogP contribution in [0.3, 0.4) is 0 Å². The van der Waals surface area contributed by atoms with Crippen molar-refractivity contribution >= 4 is 27.8 Å². The Morgan fingerprint density at radius 2 is 1.96 bits per heavy atom. The smallest absolute Gasteiger partial charge is 0.331 e. The molecule has 25 heavy (non-hydrogen) atoms. The van der Waals surface area contributed by atoms with Crippen molar-refractivity contribution in [2.24, 2.45) is 0 Å². The molecule has 0 radical (unpaired) electrons. The van der Waals surface area contributed by atoms with E-state index in [-0.39, 0.29) is 18.1 Å². The molecule has 0 bridgehead atoms. The standard InChI is InChI=1S/C17H22BrFN2O4/c1-11-8-14(19)13(18)9-12(11)10-15(22)20-17(16(23)24-2)4-6-21(25-3)7-5-17/h8-9H,4-7,10H2,1-3H3,(H,20,22). The van der Waals surface area contributed by atoms with Gasteiger partial charge in [0.05, 0.1) is 25.1 Å². The third-order valence-corrected chi connectivity index (χ3v) is 5.13. The van der Waals surface area contributed by atoms with Gasteiger partial charge in [-0.05, 0) is 59.0 Å². The topological polar surface area (TPSA) is 67.9 Å². The maximum atomic E-state index is 13.5. The Hall–Kier alpha value is -1.51. The molecule has 1 aliphatic rings. The van der Waals surface area contributed by atoms with Crippen molar-refractivity contribution in [2.45, 2.75) is 31.7 Å². The van der Waals surface area contributed by atoms with Gasteiger partial charge >= 0.3 is 5.97 Å². The predicted molar refractivity (Wildman–Crippen MR) is 93.2 cm³/mol. The predicted octanol–water partition coefficient (Wildman–Crippen LogP) is 2.12. The molecule has 0 saturated carbocycles. The second-order valence-electron chi connectivity index (χ2n) is 6.10. The number of nitrogens with zero attached hydrogens (tertiary/aromatic N) is 1. The summed E-state index contributed by atoms with van der Waals surface area (Å²) in [6.07, 6.45) is 0.841. The molecule has 1 aliphatic heterocycles. The number of hydrogen-bond acceptors (Lipinski definition) is 5. The van der Waals surface area contributed by atoms with Gasteiger partial charge in [-0.3, -0.25) is 4.79 Å². The number of carbonyl (C=O) groups excluding carboxylic acids is 2. The third kappa shape index (κ3) is 4.56. The molecule has 1 aromatic carbocycles. The number of amides is 1. The molecule has 138 valence electrons. The van der Waals surface area contributed by atoms with Crippen molar-refractivity contribution in [1.29, 1.82) is 0 Å². The average molecular weight is 417 g/mol. The highest BCUT2D eigenvalue weighted by molar-refractivity contribution is 9.10. The molecule has 1 N–H and O–H groups in total. The maximum Gasteiger partial charge on any atom is 0.331 e. The van der Waals surface area contributed by atoms with Crippen LogP contribution in [0.2, 0.25) is 0 Å². The van der Waals surface area contributed by atoms with Crippen LogP contribution in [-0.2, 0) is 25.6 Å². The fourth-order valence-electron chi connectivity index (χ4n) is 2.99. The minimum Gasteiger partial charge on any atom is -0.467 e. The van der Waals surface area contributed by atoms with Crippen molar-refractivity contribution in [2.75, 3.05) is 27.3 Å². The molecule has 0 spiro atoms. The quantitative estimate of drug-likeness (QED) is 0.744. The number of piperidine rings is 1. The van der Waals surface area contributed by atoms with E-state index in [4.69, 9.17) is 9.57 Å². The molecule has 1 amide bonds. The highest BCUT2D eigenvalue weighted by Crippen LogP contribution is 2.25. The number of hydrogen-bond donors (Lipinski definition) is 1. The number of aryl methyl sites for hydroxylation is 1. The van der Waals surface area contributed by atoms with E-state index in [1.807, 2.05) is 0 Å². The monoisotopic (exact) mass is 416 g/mol. The third-order valence-electron chi connectivity index (χ3n) is 4.52. The lowest BCUT2D eigenvalue weighted by molar-refractivity contribution is -0.171. The lowest BCUT2D eigenvalue weighted by atomic mass is 9.87. The zero-order valence-electron chi connectivity index (χ0n) is 14.5. The highest BCUT2D eigenvalue weighted by atomic mass is 79.9. The normalized spacial score (nSPS) is 17.2. The minimum atomic E-state index is -1.06. The van der Waals surface area contributed by atoms with E-state index in [9.17, 15) is 14.0 Å². The largest absolute Gasteiger partial charge is 0.467 e.